The third kappa shape index (κ3) is 4.47. The van der Waals surface area contributed by atoms with Crippen LogP contribution in [0, 0.1) is 5.82 Å². The van der Waals surface area contributed by atoms with E-state index in [1.807, 2.05) is 0 Å². The van der Waals surface area contributed by atoms with Crippen LogP contribution >= 0.6 is 0 Å². The molecule has 2 heterocycles. The molecule has 0 radical (unpaired) electrons. The zero-order chi connectivity index (χ0) is 25.0. The monoisotopic (exact) mass is 494 g/mol. The van der Waals surface area contributed by atoms with Crippen LogP contribution in [0.3, 0.4) is 0 Å². The summed E-state index contributed by atoms with van der Waals surface area (Å²) in [6, 6.07) is 3.09. The molecule has 4 fully saturated rings. The molecule has 2 N–H and O–H groups in total. The topological polar surface area (TPSA) is 85.4 Å². The first-order valence-electron chi connectivity index (χ1n) is 11.5. The molecule has 1 saturated heterocycles. The highest BCUT2D eigenvalue weighted by molar-refractivity contribution is 5.80. The first kappa shape index (κ1) is 23.9. The average molecular weight is 494 g/mol. The number of halogens is 4. The number of carbonyl (C=O) groups excluding carboxylic acids is 1. The molecule has 6 rings (SSSR count). The molecular weight excluding hydrogens is 468 g/mol. The van der Waals surface area contributed by atoms with Crippen molar-refractivity contribution in [2.45, 2.75) is 69.0 Å². The number of benzene rings is 1. The maximum atomic E-state index is 14.9. The first-order chi connectivity index (χ1) is 16.5. The van der Waals surface area contributed by atoms with Gasteiger partial charge in [-0.05, 0) is 6.92 Å². The van der Waals surface area contributed by atoms with E-state index in [1.54, 1.807) is 6.92 Å². The van der Waals surface area contributed by atoms with Gasteiger partial charge in [0.15, 0.2) is 6.29 Å². The molecule has 1 aromatic heterocycles. The van der Waals surface area contributed by atoms with E-state index < -0.39 is 40.8 Å². The number of nitrogens with one attached hydrogen (secondary N) is 2. The van der Waals surface area contributed by atoms with Gasteiger partial charge in [-0.3, -0.25) is 4.79 Å². The SMILES string of the molecule is C[C@@H](Nc1ncnc(CC(=O)NC23CC(F)(C2)C3)c1C1OCCO1)c1cccc(C(C)(F)F)c1F. The first-order valence-corrected chi connectivity index (χ1v) is 11.5. The van der Waals surface area contributed by atoms with Crippen molar-refractivity contribution in [2.24, 2.45) is 0 Å². The van der Waals surface area contributed by atoms with Crippen LogP contribution in [0.2, 0.25) is 0 Å². The molecule has 2 aromatic rings. The van der Waals surface area contributed by atoms with Crippen LogP contribution in [0.25, 0.3) is 0 Å². The molecule has 1 amide bonds. The van der Waals surface area contributed by atoms with Gasteiger partial charge < -0.3 is 20.1 Å². The van der Waals surface area contributed by atoms with Gasteiger partial charge in [0.2, 0.25) is 5.91 Å². The van der Waals surface area contributed by atoms with E-state index in [9.17, 15) is 22.4 Å². The van der Waals surface area contributed by atoms with Gasteiger partial charge >= 0.3 is 0 Å². The second-order valence-corrected chi connectivity index (χ2v) is 9.81. The number of hydrogen-bond donors (Lipinski definition) is 2. The van der Waals surface area contributed by atoms with Gasteiger partial charge in [0, 0.05) is 37.3 Å². The minimum Gasteiger partial charge on any atom is -0.363 e. The van der Waals surface area contributed by atoms with Crippen molar-refractivity contribution in [3.05, 3.63) is 52.7 Å². The number of alkyl halides is 3. The summed E-state index contributed by atoms with van der Waals surface area (Å²) in [6.07, 6.45) is 1.25. The third-order valence-corrected chi connectivity index (χ3v) is 6.84. The minimum absolute atomic E-state index is 0.0323. The number of ether oxygens (including phenoxy) is 2. The summed E-state index contributed by atoms with van der Waals surface area (Å²) in [5.74, 6) is -4.42. The highest BCUT2D eigenvalue weighted by atomic mass is 19.3. The molecule has 0 spiro atoms. The zero-order valence-electron chi connectivity index (χ0n) is 19.3. The van der Waals surface area contributed by atoms with Crippen LogP contribution in [0.1, 0.15) is 67.8 Å². The van der Waals surface area contributed by atoms with Gasteiger partial charge in [-0.15, -0.1) is 0 Å². The van der Waals surface area contributed by atoms with E-state index in [1.165, 1.54) is 18.5 Å². The Labute approximate surface area is 199 Å². The molecule has 3 aliphatic carbocycles. The van der Waals surface area contributed by atoms with Gasteiger partial charge in [0.1, 0.15) is 23.6 Å². The minimum atomic E-state index is -3.34. The zero-order valence-corrected chi connectivity index (χ0v) is 19.3. The van der Waals surface area contributed by atoms with Crippen LogP contribution in [0.15, 0.2) is 24.5 Å². The molecule has 2 bridgehead atoms. The maximum Gasteiger partial charge on any atom is 0.273 e. The Kier molecular flexibility index (Phi) is 5.75. The van der Waals surface area contributed by atoms with Gasteiger partial charge in [0.25, 0.3) is 5.92 Å². The van der Waals surface area contributed by atoms with Crippen LogP contribution in [0.4, 0.5) is 23.4 Å². The summed E-state index contributed by atoms with van der Waals surface area (Å²) < 4.78 is 67.7. The predicted octanol–water partition coefficient (Wildman–Crippen LogP) is 4.25. The fourth-order valence-corrected chi connectivity index (χ4v) is 5.26. The fourth-order valence-electron chi connectivity index (χ4n) is 5.26. The molecule has 11 heteroatoms. The normalized spacial score (nSPS) is 26.6. The average Bonchev–Trinajstić information content (AvgIpc) is 3.25. The molecule has 4 aliphatic rings. The Morgan fingerprint density at radius 1 is 1.23 bits per heavy atom. The number of carbonyl (C=O) groups is 1. The lowest BCUT2D eigenvalue weighted by molar-refractivity contribution is -0.174. The molecule has 188 valence electrons. The van der Waals surface area contributed by atoms with Crippen molar-refractivity contribution >= 4 is 11.7 Å². The molecule has 1 atom stereocenters. The van der Waals surface area contributed by atoms with Crippen LogP contribution in [0.5, 0.6) is 0 Å². The smallest absolute Gasteiger partial charge is 0.273 e. The molecule has 3 saturated carbocycles. The van der Waals surface area contributed by atoms with E-state index in [0.717, 1.165) is 6.07 Å². The lowest BCUT2D eigenvalue weighted by Crippen LogP contribution is -2.76. The second-order valence-electron chi connectivity index (χ2n) is 9.81. The van der Waals surface area contributed by atoms with E-state index in [-0.39, 0.29) is 23.7 Å². The molecular formula is C24H26F4N4O3. The van der Waals surface area contributed by atoms with Crippen molar-refractivity contribution in [2.75, 3.05) is 18.5 Å². The van der Waals surface area contributed by atoms with E-state index >= 15 is 0 Å². The third-order valence-electron chi connectivity index (χ3n) is 6.84. The van der Waals surface area contributed by atoms with Crippen molar-refractivity contribution in [3.8, 4) is 0 Å². The van der Waals surface area contributed by atoms with E-state index in [4.69, 9.17) is 9.47 Å². The lowest BCUT2D eigenvalue weighted by Gasteiger charge is -2.65. The summed E-state index contributed by atoms with van der Waals surface area (Å²) in [5.41, 5.74) is -1.56. The van der Waals surface area contributed by atoms with Crippen molar-refractivity contribution in [3.63, 3.8) is 0 Å². The van der Waals surface area contributed by atoms with Gasteiger partial charge in [-0.1, -0.05) is 18.2 Å². The van der Waals surface area contributed by atoms with Crippen molar-refractivity contribution in [1.82, 2.24) is 15.3 Å². The van der Waals surface area contributed by atoms with Crippen LogP contribution in [-0.4, -0.2) is 40.3 Å². The van der Waals surface area contributed by atoms with E-state index in [0.29, 0.717) is 50.7 Å². The summed E-state index contributed by atoms with van der Waals surface area (Å²) in [5, 5.41) is 5.95. The maximum absolute atomic E-state index is 14.9. The molecule has 7 nitrogen and oxygen atoms in total. The predicted molar refractivity (Wildman–Crippen MR) is 117 cm³/mol. The molecule has 1 aromatic carbocycles. The highest BCUT2D eigenvalue weighted by Crippen LogP contribution is 2.62. The number of aromatic nitrogens is 2. The largest absolute Gasteiger partial charge is 0.363 e. The molecule has 0 unspecified atom stereocenters. The summed E-state index contributed by atoms with van der Waals surface area (Å²) in [7, 11) is 0. The number of amides is 1. The Morgan fingerprint density at radius 2 is 1.91 bits per heavy atom. The fraction of sp³-hybridized carbons (Fsp3) is 0.542. The number of nitrogens with zero attached hydrogens (tertiary/aromatic N) is 2. The summed E-state index contributed by atoms with van der Waals surface area (Å²) >= 11 is 0. The van der Waals surface area contributed by atoms with Crippen molar-refractivity contribution in [1.29, 1.82) is 0 Å². The number of hydrogen-bond acceptors (Lipinski definition) is 6. The van der Waals surface area contributed by atoms with Gasteiger partial charge in [0.05, 0.1) is 42.5 Å². The van der Waals surface area contributed by atoms with Gasteiger partial charge in [-0.25, -0.2) is 27.5 Å². The molecule has 35 heavy (non-hydrogen) atoms. The Hall–Kier alpha value is -2.79. The Bertz CT molecular complexity index is 1130. The van der Waals surface area contributed by atoms with Crippen LogP contribution < -0.4 is 10.6 Å². The van der Waals surface area contributed by atoms with E-state index in [2.05, 4.69) is 20.6 Å². The summed E-state index contributed by atoms with van der Waals surface area (Å²) in [6.45, 7) is 2.90. The van der Waals surface area contributed by atoms with Crippen molar-refractivity contribution < 1.29 is 31.8 Å². The Morgan fingerprint density at radius 3 is 2.54 bits per heavy atom. The lowest BCUT2D eigenvalue weighted by atomic mass is 9.47. The Balaban J connectivity index is 1.39. The second kappa shape index (κ2) is 8.41. The quantitative estimate of drug-likeness (QED) is 0.534. The van der Waals surface area contributed by atoms with Gasteiger partial charge in [-0.2, -0.15) is 0 Å². The molecule has 1 aliphatic heterocycles. The number of anilines is 1. The highest BCUT2D eigenvalue weighted by Gasteiger charge is 2.69. The number of rotatable bonds is 8. The summed E-state index contributed by atoms with van der Waals surface area (Å²) in [4.78, 5) is 21.2. The van der Waals surface area contributed by atoms with Crippen LogP contribution in [-0.2, 0) is 26.6 Å². The standard InChI is InChI=1S/C24H26F4N4O3/c1-13(14-4-3-5-15(19(14)25)22(2,26)27)31-20-18(21-34-6-7-35-21)16(29-12-30-20)8-17(33)32-24-9-23(28,10-24)11-24/h3-5,12-13,21H,6-11H2,1-2H3,(H,32,33)(H,29,30,31)/t13-,23?,24?/m1/s1.